The lowest BCUT2D eigenvalue weighted by atomic mass is 10.2. The van der Waals surface area contributed by atoms with Gasteiger partial charge in [0, 0.05) is 12.2 Å². The summed E-state index contributed by atoms with van der Waals surface area (Å²) in [6.45, 7) is 5.77. The molecule has 1 heterocycles. The van der Waals surface area contributed by atoms with Crippen molar-refractivity contribution < 1.29 is 18.0 Å². The number of nitrogens with one attached hydrogen (secondary N) is 2. The van der Waals surface area contributed by atoms with E-state index < -0.39 is 22.9 Å². The molecule has 0 saturated carbocycles. The number of aromatic nitrogens is 2. The van der Waals surface area contributed by atoms with Crippen molar-refractivity contribution in [2.75, 3.05) is 17.2 Å². The van der Waals surface area contributed by atoms with Crippen molar-refractivity contribution in [3.63, 3.8) is 0 Å². The second-order valence-corrected chi connectivity index (χ2v) is 7.44. The molecule has 10 heteroatoms. The van der Waals surface area contributed by atoms with Gasteiger partial charge in [-0.2, -0.15) is 13.2 Å². The van der Waals surface area contributed by atoms with Crippen molar-refractivity contribution >= 4 is 39.8 Å². The summed E-state index contributed by atoms with van der Waals surface area (Å²) in [6.07, 6.45) is -2.78. The Kier molecular flexibility index (Phi) is 6.43. The molecule has 0 spiro atoms. The van der Waals surface area contributed by atoms with Crippen molar-refractivity contribution in [1.29, 1.82) is 0 Å². The summed E-state index contributed by atoms with van der Waals surface area (Å²) >= 11 is 2.46. The molecule has 5 nitrogen and oxygen atoms in total. The van der Waals surface area contributed by atoms with E-state index in [0.29, 0.717) is 16.0 Å². The monoisotopic (exact) mass is 388 g/mol. The Morgan fingerprint density at radius 1 is 1.44 bits per heavy atom. The number of thioether (sulfide) groups is 1. The lowest BCUT2D eigenvalue weighted by molar-refractivity contribution is -0.137. The van der Waals surface area contributed by atoms with E-state index in [4.69, 9.17) is 0 Å². The number of nitrogens with zero attached hydrogens (tertiary/aromatic N) is 2. The third-order valence-electron chi connectivity index (χ3n) is 2.91. The van der Waals surface area contributed by atoms with Crippen LogP contribution in [0, 0.1) is 0 Å². The SMILES string of the molecule is C=CCNc1nnc(S[C@H](C)C(=O)Nc2cccc(C(F)(F)F)c2)s1. The third-order valence-corrected chi connectivity index (χ3v) is 4.97. The first kappa shape index (κ1) is 19.3. The number of anilines is 2. The van der Waals surface area contributed by atoms with Crippen molar-refractivity contribution in [3.05, 3.63) is 42.5 Å². The summed E-state index contributed by atoms with van der Waals surface area (Å²) in [7, 11) is 0. The lowest BCUT2D eigenvalue weighted by Gasteiger charge is -2.12. The Balaban J connectivity index is 1.96. The summed E-state index contributed by atoms with van der Waals surface area (Å²) in [5.74, 6) is -0.417. The summed E-state index contributed by atoms with van der Waals surface area (Å²) in [5.41, 5.74) is -0.717. The zero-order chi connectivity index (χ0) is 18.4. The van der Waals surface area contributed by atoms with E-state index in [0.717, 1.165) is 12.1 Å². The topological polar surface area (TPSA) is 66.9 Å². The average Bonchev–Trinajstić information content (AvgIpc) is 2.99. The van der Waals surface area contributed by atoms with Gasteiger partial charge in [0.1, 0.15) is 0 Å². The van der Waals surface area contributed by atoms with Crippen molar-refractivity contribution in [2.45, 2.75) is 22.7 Å². The van der Waals surface area contributed by atoms with E-state index >= 15 is 0 Å². The fourth-order valence-electron chi connectivity index (χ4n) is 1.71. The van der Waals surface area contributed by atoms with E-state index in [2.05, 4.69) is 27.4 Å². The molecule has 0 unspecified atom stereocenters. The molecular weight excluding hydrogens is 373 g/mol. The first-order chi connectivity index (χ1) is 11.8. The van der Waals surface area contributed by atoms with Crippen LogP contribution in [0.15, 0.2) is 41.3 Å². The number of hydrogen-bond acceptors (Lipinski definition) is 6. The largest absolute Gasteiger partial charge is 0.416 e. The van der Waals surface area contributed by atoms with Gasteiger partial charge in [-0.05, 0) is 25.1 Å². The van der Waals surface area contributed by atoms with Crippen LogP contribution in [0.25, 0.3) is 0 Å². The van der Waals surface area contributed by atoms with Gasteiger partial charge in [-0.1, -0.05) is 35.2 Å². The van der Waals surface area contributed by atoms with Crippen molar-refractivity contribution in [2.24, 2.45) is 0 Å². The molecule has 0 aliphatic rings. The molecule has 2 rings (SSSR count). The van der Waals surface area contributed by atoms with E-state index in [1.165, 1.54) is 35.2 Å². The van der Waals surface area contributed by atoms with Gasteiger partial charge >= 0.3 is 6.18 Å². The fourth-order valence-corrected chi connectivity index (χ4v) is 3.61. The van der Waals surface area contributed by atoms with E-state index in [-0.39, 0.29) is 5.69 Å². The quantitative estimate of drug-likeness (QED) is 0.548. The molecule has 0 fully saturated rings. The van der Waals surface area contributed by atoms with E-state index in [1.54, 1.807) is 13.0 Å². The highest BCUT2D eigenvalue weighted by molar-refractivity contribution is 8.02. The molecule has 25 heavy (non-hydrogen) atoms. The molecule has 1 aromatic heterocycles. The minimum absolute atomic E-state index is 0.0953. The number of halogens is 3. The van der Waals surface area contributed by atoms with Gasteiger partial charge in [0.05, 0.1) is 10.8 Å². The lowest BCUT2D eigenvalue weighted by Crippen LogP contribution is -2.22. The van der Waals surface area contributed by atoms with Crippen LogP contribution in [0.4, 0.5) is 24.0 Å². The molecular formula is C15H15F3N4OS2. The van der Waals surface area contributed by atoms with Gasteiger partial charge in [0.15, 0.2) is 4.34 Å². The van der Waals surface area contributed by atoms with Crippen LogP contribution in [-0.4, -0.2) is 27.9 Å². The highest BCUT2D eigenvalue weighted by atomic mass is 32.2. The zero-order valence-corrected chi connectivity index (χ0v) is 14.8. The Morgan fingerprint density at radius 3 is 2.88 bits per heavy atom. The molecule has 0 aliphatic carbocycles. The van der Waals surface area contributed by atoms with Crippen molar-refractivity contribution in [3.8, 4) is 0 Å². The standard InChI is InChI=1S/C15H15F3N4OS2/c1-3-7-19-13-21-22-14(25-13)24-9(2)12(23)20-11-6-4-5-10(8-11)15(16,17)18/h3-6,8-9H,1,7H2,2H3,(H,19,21)(H,20,23)/t9-/m1/s1. The van der Waals surface area contributed by atoms with Gasteiger partial charge < -0.3 is 10.6 Å². The molecule has 1 aromatic carbocycles. The maximum Gasteiger partial charge on any atom is 0.416 e. The molecule has 0 bridgehead atoms. The van der Waals surface area contributed by atoms with Crippen LogP contribution in [0.5, 0.6) is 0 Å². The van der Waals surface area contributed by atoms with Crippen LogP contribution in [-0.2, 0) is 11.0 Å². The van der Waals surface area contributed by atoms with E-state index in [1.807, 2.05) is 0 Å². The molecule has 2 aromatic rings. The first-order valence-corrected chi connectivity index (χ1v) is 8.82. The molecule has 1 amide bonds. The Morgan fingerprint density at radius 2 is 2.20 bits per heavy atom. The van der Waals surface area contributed by atoms with Gasteiger partial charge in [-0.25, -0.2) is 0 Å². The zero-order valence-electron chi connectivity index (χ0n) is 13.1. The molecule has 0 saturated heterocycles. The average molecular weight is 388 g/mol. The Labute approximate surface area is 150 Å². The minimum Gasteiger partial charge on any atom is -0.357 e. The molecule has 0 radical (unpaired) electrons. The second-order valence-electron chi connectivity index (χ2n) is 4.87. The summed E-state index contributed by atoms with van der Waals surface area (Å²) in [4.78, 5) is 12.2. The highest BCUT2D eigenvalue weighted by Crippen LogP contribution is 2.32. The minimum atomic E-state index is -4.46. The summed E-state index contributed by atoms with van der Waals surface area (Å²) < 4.78 is 38.7. The van der Waals surface area contributed by atoms with Gasteiger partial charge in [0.2, 0.25) is 11.0 Å². The molecule has 134 valence electrons. The molecule has 0 aliphatic heterocycles. The molecule has 2 N–H and O–H groups in total. The Bertz CT molecular complexity index is 748. The van der Waals surface area contributed by atoms with Crippen LogP contribution >= 0.6 is 23.1 Å². The maximum absolute atomic E-state index is 12.7. The maximum atomic E-state index is 12.7. The van der Waals surface area contributed by atoms with Gasteiger partial charge in [-0.3, -0.25) is 4.79 Å². The predicted octanol–water partition coefficient (Wildman–Crippen LogP) is 4.27. The van der Waals surface area contributed by atoms with Gasteiger partial charge in [-0.15, -0.1) is 16.8 Å². The first-order valence-electron chi connectivity index (χ1n) is 7.12. The van der Waals surface area contributed by atoms with Crippen LogP contribution < -0.4 is 10.6 Å². The third kappa shape index (κ3) is 5.75. The van der Waals surface area contributed by atoms with Gasteiger partial charge in [0.25, 0.3) is 0 Å². The molecule has 1 atom stereocenters. The Hall–Kier alpha value is -2.07. The number of alkyl halides is 3. The van der Waals surface area contributed by atoms with Crippen molar-refractivity contribution in [1.82, 2.24) is 10.2 Å². The van der Waals surface area contributed by atoms with E-state index in [9.17, 15) is 18.0 Å². The highest BCUT2D eigenvalue weighted by Gasteiger charge is 2.30. The van der Waals surface area contributed by atoms with Crippen LogP contribution in [0.2, 0.25) is 0 Å². The fraction of sp³-hybridized carbons (Fsp3) is 0.267. The number of benzene rings is 1. The predicted molar refractivity (Wildman–Crippen MR) is 94.0 cm³/mol. The number of rotatable bonds is 7. The summed E-state index contributed by atoms with van der Waals surface area (Å²) in [6, 6.07) is 4.51. The number of amides is 1. The second kappa shape index (κ2) is 8.34. The van der Waals surface area contributed by atoms with Crippen LogP contribution in [0.3, 0.4) is 0 Å². The number of carbonyl (C=O) groups excluding carboxylic acids is 1. The smallest absolute Gasteiger partial charge is 0.357 e. The normalized spacial score (nSPS) is 12.5. The number of hydrogen-bond donors (Lipinski definition) is 2. The summed E-state index contributed by atoms with van der Waals surface area (Å²) in [5, 5.41) is 13.4. The number of carbonyl (C=O) groups is 1. The van der Waals surface area contributed by atoms with Crippen LogP contribution in [0.1, 0.15) is 12.5 Å².